The molecule has 0 saturated heterocycles. The molecule has 1 aliphatic rings. The summed E-state index contributed by atoms with van der Waals surface area (Å²) in [7, 11) is 1.66. The molecule has 1 aromatic heterocycles. The van der Waals surface area contributed by atoms with Gasteiger partial charge in [0.2, 0.25) is 5.91 Å². The van der Waals surface area contributed by atoms with E-state index < -0.39 is 0 Å². The predicted octanol–water partition coefficient (Wildman–Crippen LogP) is 3.76. The molecule has 0 radical (unpaired) electrons. The maximum absolute atomic E-state index is 12.7. The molecule has 5 nitrogen and oxygen atoms in total. The highest BCUT2D eigenvalue weighted by Crippen LogP contribution is 2.41. The highest BCUT2D eigenvalue weighted by atomic mass is 35.5. The number of amides is 2. The summed E-state index contributed by atoms with van der Waals surface area (Å²) in [6.07, 6.45) is 5.07. The van der Waals surface area contributed by atoms with Gasteiger partial charge in [0, 0.05) is 24.5 Å². The van der Waals surface area contributed by atoms with Crippen LogP contribution in [-0.2, 0) is 4.79 Å². The van der Waals surface area contributed by atoms with Crippen molar-refractivity contribution in [3.8, 4) is 0 Å². The third-order valence-electron chi connectivity index (χ3n) is 4.51. The van der Waals surface area contributed by atoms with Crippen LogP contribution in [0.25, 0.3) is 0 Å². The summed E-state index contributed by atoms with van der Waals surface area (Å²) in [5.41, 5.74) is 2.21. The number of carbonyl (C=O) groups is 2. The minimum Gasteiger partial charge on any atom is -0.345 e. The van der Waals surface area contributed by atoms with Crippen molar-refractivity contribution in [3.63, 3.8) is 0 Å². The molecule has 1 atom stereocenters. The Kier molecular flexibility index (Phi) is 5.38. The van der Waals surface area contributed by atoms with Crippen LogP contribution in [0, 0.1) is 5.92 Å². The minimum atomic E-state index is -0.203. The Morgan fingerprint density at radius 2 is 2.00 bits per heavy atom. The number of pyridine rings is 1. The lowest BCUT2D eigenvalue weighted by Crippen LogP contribution is -2.30. The van der Waals surface area contributed by atoms with E-state index in [0.717, 1.165) is 18.4 Å². The molecular weight excluding hydrogens is 350 g/mol. The van der Waals surface area contributed by atoms with E-state index in [2.05, 4.69) is 16.9 Å². The number of anilines is 1. The minimum absolute atomic E-state index is 0.0762. The molecule has 3 rings (SSSR count). The quantitative estimate of drug-likeness (QED) is 0.622. The molecule has 26 heavy (non-hydrogen) atoms. The van der Waals surface area contributed by atoms with E-state index in [1.54, 1.807) is 43.6 Å². The van der Waals surface area contributed by atoms with Crippen LogP contribution in [-0.4, -0.2) is 23.8 Å². The van der Waals surface area contributed by atoms with Gasteiger partial charge in [-0.25, -0.2) is 4.98 Å². The molecule has 0 aliphatic heterocycles. The number of aromatic nitrogens is 1. The lowest BCUT2D eigenvalue weighted by atomic mass is 10.0. The van der Waals surface area contributed by atoms with E-state index in [4.69, 9.17) is 11.6 Å². The van der Waals surface area contributed by atoms with Gasteiger partial charge in [-0.05, 0) is 66.8 Å². The van der Waals surface area contributed by atoms with Crippen molar-refractivity contribution in [1.29, 1.82) is 0 Å². The molecule has 134 valence electrons. The number of nitrogens with zero attached hydrogens (tertiary/aromatic N) is 2. The molecule has 0 spiro atoms. The summed E-state index contributed by atoms with van der Waals surface area (Å²) >= 11 is 5.99. The molecule has 0 bridgehead atoms. The van der Waals surface area contributed by atoms with Gasteiger partial charge in [0.05, 0.1) is 6.04 Å². The fourth-order valence-corrected chi connectivity index (χ4v) is 3.02. The zero-order chi connectivity index (χ0) is 18.7. The molecule has 1 aliphatic carbocycles. The summed E-state index contributed by atoms with van der Waals surface area (Å²) in [6, 6.07) is 10.5. The van der Waals surface area contributed by atoms with Gasteiger partial charge in [-0.15, -0.1) is 0 Å². The lowest BCUT2D eigenvalue weighted by Gasteiger charge is -2.19. The molecule has 2 aromatic rings. The molecule has 1 N–H and O–H groups in total. The van der Waals surface area contributed by atoms with Gasteiger partial charge in [0.25, 0.3) is 5.91 Å². The first-order valence-corrected chi connectivity index (χ1v) is 8.80. The van der Waals surface area contributed by atoms with Crippen molar-refractivity contribution in [1.82, 2.24) is 10.3 Å². The van der Waals surface area contributed by atoms with Crippen LogP contribution in [0.1, 0.15) is 34.8 Å². The smallest absolute Gasteiger partial charge is 0.251 e. The second kappa shape index (κ2) is 7.70. The molecule has 1 aromatic carbocycles. The summed E-state index contributed by atoms with van der Waals surface area (Å²) in [5.74, 6) is 0.0673. The Morgan fingerprint density at radius 3 is 2.58 bits per heavy atom. The number of likely N-dealkylation sites (N-methyl/N-ethyl adjacent to an activating group) is 1. The van der Waals surface area contributed by atoms with Crippen LogP contribution in [0.2, 0.25) is 5.15 Å². The van der Waals surface area contributed by atoms with Gasteiger partial charge in [-0.2, -0.15) is 0 Å². The highest BCUT2D eigenvalue weighted by molar-refractivity contribution is 6.29. The number of carbonyl (C=O) groups excluding carboxylic acids is 2. The van der Waals surface area contributed by atoms with Crippen molar-refractivity contribution in [2.45, 2.75) is 18.9 Å². The normalized spacial score (nSPS) is 14.4. The SMILES string of the molecule is C=CC(=O)N(C)c1ccc(C(=O)NC(c2ccnc(Cl)c2)C2CC2)cc1. The van der Waals surface area contributed by atoms with Gasteiger partial charge in [0.1, 0.15) is 5.15 Å². The summed E-state index contributed by atoms with van der Waals surface area (Å²) in [4.78, 5) is 29.8. The summed E-state index contributed by atoms with van der Waals surface area (Å²) in [6.45, 7) is 3.47. The van der Waals surface area contributed by atoms with Crippen LogP contribution >= 0.6 is 11.6 Å². The van der Waals surface area contributed by atoms with Crippen molar-refractivity contribution in [3.05, 3.63) is 71.5 Å². The average molecular weight is 370 g/mol. The van der Waals surface area contributed by atoms with Crippen molar-refractivity contribution in [2.24, 2.45) is 5.92 Å². The van der Waals surface area contributed by atoms with Gasteiger partial charge >= 0.3 is 0 Å². The number of nitrogens with one attached hydrogen (secondary N) is 1. The Hall–Kier alpha value is -2.66. The van der Waals surface area contributed by atoms with Gasteiger partial charge < -0.3 is 10.2 Å². The average Bonchev–Trinajstić information content (AvgIpc) is 3.49. The molecule has 1 unspecified atom stereocenters. The molecule has 6 heteroatoms. The molecular formula is C20H20ClN3O2. The maximum atomic E-state index is 12.7. The molecule has 1 saturated carbocycles. The van der Waals surface area contributed by atoms with Crippen molar-refractivity contribution < 1.29 is 9.59 Å². The predicted molar refractivity (Wildman–Crippen MR) is 102 cm³/mol. The Labute approximate surface area is 157 Å². The van der Waals surface area contributed by atoms with E-state index in [1.165, 1.54) is 11.0 Å². The first-order valence-electron chi connectivity index (χ1n) is 8.42. The Bertz CT molecular complexity index is 831. The standard InChI is InChI=1S/C20H20ClN3O2/c1-3-18(25)24(2)16-8-6-14(7-9-16)20(26)23-19(13-4-5-13)15-10-11-22-17(21)12-15/h3,6-13,19H,1,4-5H2,2H3,(H,23,26). The maximum Gasteiger partial charge on any atom is 0.251 e. The van der Waals surface area contributed by atoms with Gasteiger partial charge in [-0.3, -0.25) is 9.59 Å². The molecule has 2 amide bonds. The number of benzene rings is 1. The van der Waals surface area contributed by atoms with Crippen LogP contribution < -0.4 is 10.2 Å². The molecule has 1 heterocycles. The van der Waals surface area contributed by atoms with E-state index in [1.807, 2.05) is 6.07 Å². The first kappa shape index (κ1) is 18.1. The van der Waals surface area contributed by atoms with Crippen molar-refractivity contribution in [2.75, 3.05) is 11.9 Å². The van der Waals surface area contributed by atoms with Crippen LogP contribution in [0.15, 0.2) is 55.3 Å². The Balaban J connectivity index is 1.74. The number of hydrogen-bond acceptors (Lipinski definition) is 3. The fraction of sp³-hybridized carbons (Fsp3) is 0.250. The van der Waals surface area contributed by atoms with Crippen LogP contribution in [0.4, 0.5) is 5.69 Å². The zero-order valence-electron chi connectivity index (χ0n) is 14.5. The molecule has 1 fully saturated rings. The summed E-state index contributed by atoms with van der Waals surface area (Å²) in [5, 5.41) is 3.52. The van der Waals surface area contributed by atoms with E-state index in [-0.39, 0.29) is 17.9 Å². The topological polar surface area (TPSA) is 62.3 Å². The number of rotatable bonds is 6. The monoisotopic (exact) mass is 369 g/mol. The van der Waals surface area contributed by atoms with E-state index in [0.29, 0.717) is 22.3 Å². The number of halogens is 1. The third kappa shape index (κ3) is 4.11. The fourth-order valence-electron chi connectivity index (χ4n) is 2.84. The van der Waals surface area contributed by atoms with Crippen LogP contribution in [0.3, 0.4) is 0 Å². The zero-order valence-corrected chi connectivity index (χ0v) is 15.2. The second-order valence-corrected chi connectivity index (χ2v) is 6.74. The van der Waals surface area contributed by atoms with E-state index in [9.17, 15) is 9.59 Å². The third-order valence-corrected chi connectivity index (χ3v) is 4.72. The summed E-state index contributed by atoms with van der Waals surface area (Å²) < 4.78 is 0. The highest BCUT2D eigenvalue weighted by Gasteiger charge is 2.33. The Morgan fingerprint density at radius 1 is 1.31 bits per heavy atom. The van der Waals surface area contributed by atoms with Crippen LogP contribution in [0.5, 0.6) is 0 Å². The van der Waals surface area contributed by atoms with Gasteiger partial charge in [0.15, 0.2) is 0 Å². The first-order chi connectivity index (χ1) is 12.5. The lowest BCUT2D eigenvalue weighted by molar-refractivity contribution is -0.113. The van der Waals surface area contributed by atoms with E-state index >= 15 is 0 Å². The largest absolute Gasteiger partial charge is 0.345 e. The van der Waals surface area contributed by atoms with Crippen molar-refractivity contribution >= 4 is 29.1 Å². The number of hydrogen-bond donors (Lipinski definition) is 1. The van der Waals surface area contributed by atoms with Gasteiger partial charge in [-0.1, -0.05) is 18.2 Å². The second-order valence-electron chi connectivity index (χ2n) is 6.35.